The molecule has 0 fully saturated rings. The number of hydrogen-bond donors (Lipinski definition) is 2. The zero-order valence-corrected chi connectivity index (χ0v) is 11.1. The summed E-state index contributed by atoms with van der Waals surface area (Å²) in [5, 5.41) is 2.84. The van der Waals surface area contributed by atoms with Crippen molar-refractivity contribution in [2.75, 3.05) is 12.3 Å². The van der Waals surface area contributed by atoms with Crippen LogP contribution in [-0.2, 0) is 13.5 Å². The largest absolute Gasteiger partial charge is 0.384 e. The lowest BCUT2D eigenvalue weighted by atomic mass is 10.1. The molecule has 2 aromatic rings. The first-order valence-corrected chi connectivity index (χ1v) is 6.31. The van der Waals surface area contributed by atoms with Crippen LogP contribution in [0, 0.1) is 12.3 Å². The molecule has 0 radical (unpaired) electrons. The molecule has 100 valence electrons. The van der Waals surface area contributed by atoms with Crippen molar-refractivity contribution in [3.63, 3.8) is 0 Å². The summed E-state index contributed by atoms with van der Waals surface area (Å²) in [5.74, 6) is 2.97. The van der Waals surface area contributed by atoms with E-state index in [9.17, 15) is 4.79 Å². The molecule has 20 heavy (non-hydrogen) atoms. The number of nitrogen functional groups attached to an aromatic ring is 1. The molecule has 1 amide bonds. The van der Waals surface area contributed by atoms with Gasteiger partial charge in [0.05, 0.1) is 16.8 Å². The lowest BCUT2D eigenvalue weighted by molar-refractivity contribution is 0.0945. The molecule has 0 spiro atoms. The molecule has 2 aromatic heterocycles. The maximum Gasteiger partial charge on any atom is 0.253 e. The Morgan fingerprint density at radius 1 is 1.45 bits per heavy atom. The molecule has 0 saturated carbocycles. The maximum absolute atomic E-state index is 11.9. The van der Waals surface area contributed by atoms with Crippen molar-refractivity contribution in [2.45, 2.75) is 6.42 Å². The Morgan fingerprint density at radius 3 is 2.95 bits per heavy atom. The van der Waals surface area contributed by atoms with Crippen LogP contribution >= 0.6 is 0 Å². The normalized spacial score (nSPS) is 13.5. The second kappa shape index (κ2) is 4.42. The number of hydrogen-bond acceptors (Lipinski definition) is 3. The molecular formula is C15H14N4O. The Labute approximate surface area is 116 Å². The van der Waals surface area contributed by atoms with Crippen molar-refractivity contribution in [1.29, 1.82) is 0 Å². The molecule has 0 unspecified atom stereocenters. The number of nitrogens with zero attached hydrogens (tertiary/aromatic N) is 2. The van der Waals surface area contributed by atoms with Gasteiger partial charge in [-0.3, -0.25) is 4.79 Å². The van der Waals surface area contributed by atoms with Crippen molar-refractivity contribution in [3.05, 3.63) is 35.2 Å². The quantitative estimate of drug-likeness (QED) is 0.754. The number of aromatic nitrogens is 2. The fourth-order valence-corrected chi connectivity index (χ4v) is 2.59. The van der Waals surface area contributed by atoms with Gasteiger partial charge < -0.3 is 15.6 Å². The van der Waals surface area contributed by atoms with Gasteiger partial charge in [-0.05, 0) is 12.1 Å². The third-order valence-electron chi connectivity index (χ3n) is 3.61. The van der Waals surface area contributed by atoms with E-state index >= 15 is 0 Å². The third-order valence-corrected chi connectivity index (χ3v) is 3.61. The van der Waals surface area contributed by atoms with Crippen molar-refractivity contribution >= 4 is 11.7 Å². The van der Waals surface area contributed by atoms with Gasteiger partial charge in [-0.2, -0.15) is 0 Å². The third kappa shape index (κ3) is 1.74. The van der Waals surface area contributed by atoms with Crippen molar-refractivity contribution in [1.82, 2.24) is 14.9 Å². The van der Waals surface area contributed by atoms with Crippen molar-refractivity contribution in [2.24, 2.45) is 7.05 Å². The molecule has 3 heterocycles. The molecule has 5 nitrogen and oxygen atoms in total. The van der Waals surface area contributed by atoms with Crippen LogP contribution in [0.2, 0.25) is 0 Å². The first-order valence-electron chi connectivity index (χ1n) is 6.31. The van der Waals surface area contributed by atoms with Gasteiger partial charge in [0.2, 0.25) is 0 Å². The van der Waals surface area contributed by atoms with Gasteiger partial charge in [0.15, 0.2) is 0 Å². The average Bonchev–Trinajstić information content (AvgIpc) is 2.78. The number of amides is 1. The summed E-state index contributed by atoms with van der Waals surface area (Å²) >= 11 is 0. The molecule has 0 saturated heterocycles. The van der Waals surface area contributed by atoms with Gasteiger partial charge in [-0.1, -0.05) is 5.92 Å². The predicted molar refractivity (Wildman–Crippen MR) is 77.0 cm³/mol. The molecule has 0 bridgehead atoms. The van der Waals surface area contributed by atoms with Gasteiger partial charge in [0, 0.05) is 37.5 Å². The second-order valence-corrected chi connectivity index (χ2v) is 4.75. The number of carbonyl (C=O) groups is 1. The summed E-state index contributed by atoms with van der Waals surface area (Å²) < 4.78 is 2.00. The van der Waals surface area contributed by atoms with Crippen LogP contribution in [0.3, 0.4) is 0 Å². The van der Waals surface area contributed by atoms with E-state index in [4.69, 9.17) is 12.2 Å². The lowest BCUT2D eigenvalue weighted by Gasteiger charge is -2.14. The van der Waals surface area contributed by atoms with Gasteiger partial charge in [0.1, 0.15) is 5.82 Å². The van der Waals surface area contributed by atoms with Gasteiger partial charge in [-0.15, -0.1) is 6.42 Å². The zero-order chi connectivity index (χ0) is 14.3. The van der Waals surface area contributed by atoms with Gasteiger partial charge in [-0.25, -0.2) is 4.98 Å². The van der Waals surface area contributed by atoms with Crippen LogP contribution < -0.4 is 11.1 Å². The van der Waals surface area contributed by atoms with Crippen LogP contribution in [0.1, 0.15) is 21.6 Å². The number of anilines is 1. The fraction of sp³-hybridized carbons (Fsp3) is 0.200. The Bertz CT molecular complexity index is 752. The molecule has 3 N–H and O–H groups in total. The van der Waals surface area contributed by atoms with Crippen LogP contribution in [0.15, 0.2) is 18.3 Å². The summed E-state index contributed by atoms with van der Waals surface area (Å²) in [6.45, 7) is 0.656. The van der Waals surface area contributed by atoms with Crippen LogP contribution in [0.4, 0.5) is 5.82 Å². The molecule has 0 aromatic carbocycles. The number of nitrogens with two attached hydrogens (primary N) is 1. The highest BCUT2D eigenvalue weighted by molar-refractivity contribution is 5.98. The highest BCUT2D eigenvalue weighted by atomic mass is 16.1. The standard InChI is InChI=1S/C15H14N4O/c1-3-9-8-18-14(16)7-10(9)13-6-11-12(19(13)2)4-5-17-15(11)20/h1,6-8H,4-5H2,2H3,(H2,16,18)(H,17,20). The Morgan fingerprint density at radius 2 is 2.25 bits per heavy atom. The molecule has 0 aliphatic carbocycles. The topological polar surface area (TPSA) is 72.9 Å². The fourth-order valence-electron chi connectivity index (χ4n) is 2.59. The molecule has 5 heteroatoms. The molecule has 3 rings (SSSR count). The van der Waals surface area contributed by atoms with E-state index < -0.39 is 0 Å². The first kappa shape index (κ1) is 12.3. The number of pyridine rings is 1. The highest BCUT2D eigenvalue weighted by Crippen LogP contribution is 2.29. The molecule has 1 aliphatic rings. The first-order chi connectivity index (χ1) is 9.61. The maximum atomic E-state index is 11.9. The van der Waals surface area contributed by atoms with E-state index in [-0.39, 0.29) is 5.91 Å². The van der Waals surface area contributed by atoms with E-state index in [1.54, 1.807) is 12.3 Å². The minimum Gasteiger partial charge on any atom is -0.384 e. The predicted octanol–water partition coefficient (Wildman–Crippen LogP) is 0.936. The summed E-state index contributed by atoms with van der Waals surface area (Å²) in [4.78, 5) is 15.9. The second-order valence-electron chi connectivity index (χ2n) is 4.75. The SMILES string of the molecule is C#Cc1cnc(N)cc1-c1cc2c(n1C)CCNC2=O. The Kier molecular flexibility index (Phi) is 2.72. The van der Waals surface area contributed by atoms with Crippen LogP contribution in [0.5, 0.6) is 0 Å². The van der Waals surface area contributed by atoms with E-state index in [2.05, 4.69) is 16.2 Å². The molecular weight excluding hydrogens is 252 g/mol. The molecule has 0 atom stereocenters. The molecule has 1 aliphatic heterocycles. The number of rotatable bonds is 1. The number of carbonyl (C=O) groups excluding carboxylic acids is 1. The Balaban J connectivity index is 2.24. The number of fused-ring (bicyclic) bond motifs is 1. The number of terminal acetylenes is 1. The van der Waals surface area contributed by atoms with Gasteiger partial charge >= 0.3 is 0 Å². The zero-order valence-electron chi connectivity index (χ0n) is 11.1. The minimum absolute atomic E-state index is 0.0441. The van der Waals surface area contributed by atoms with Crippen molar-refractivity contribution < 1.29 is 4.79 Å². The highest BCUT2D eigenvalue weighted by Gasteiger charge is 2.23. The minimum atomic E-state index is -0.0441. The number of nitrogens with one attached hydrogen (secondary N) is 1. The summed E-state index contributed by atoms with van der Waals surface area (Å²) in [7, 11) is 1.93. The van der Waals surface area contributed by atoms with Crippen LogP contribution in [-0.4, -0.2) is 22.0 Å². The lowest BCUT2D eigenvalue weighted by Crippen LogP contribution is -2.31. The summed E-state index contributed by atoms with van der Waals surface area (Å²) in [5.41, 5.74) is 9.84. The summed E-state index contributed by atoms with van der Waals surface area (Å²) in [6.07, 6.45) is 7.91. The van der Waals surface area contributed by atoms with Gasteiger partial charge in [0.25, 0.3) is 5.91 Å². The van der Waals surface area contributed by atoms with E-state index in [0.717, 1.165) is 23.4 Å². The van der Waals surface area contributed by atoms with E-state index in [1.807, 2.05) is 17.7 Å². The summed E-state index contributed by atoms with van der Waals surface area (Å²) in [6, 6.07) is 3.60. The Hall–Kier alpha value is -2.74. The smallest absolute Gasteiger partial charge is 0.253 e. The van der Waals surface area contributed by atoms with E-state index in [0.29, 0.717) is 23.5 Å². The van der Waals surface area contributed by atoms with Crippen molar-refractivity contribution in [3.8, 4) is 23.6 Å². The van der Waals surface area contributed by atoms with E-state index in [1.165, 1.54) is 0 Å². The average molecular weight is 266 g/mol. The monoisotopic (exact) mass is 266 g/mol. The van der Waals surface area contributed by atoms with Crippen LogP contribution in [0.25, 0.3) is 11.3 Å².